The molecule has 1 aromatic carbocycles. The Hall–Kier alpha value is -2.02. The third kappa shape index (κ3) is 4.29. The van der Waals surface area contributed by atoms with Crippen LogP contribution in [0.3, 0.4) is 0 Å². The highest BCUT2D eigenvalue weighted by molar-refractivity contribution is 5.96. The molecule has 1 unspecified atom stereocenters. The molecule has 0 aliphatic heterocycles. The zero-order chi connectivity index (χ0) is 14.4. The molecule has 7 heteroatoms. The van der Waals surface area contributed by atoms with Gasteiger partial charge in [-0.2, -0.15) is 0 Å². The lowest BCUT2D eigenvalue weighted by Crippen LogP contribution is -2.41. The lowest BCUT2D eigenvalue weighted by atomic mass is 10.1. The second kappa shape index (κ2) is 6.79. The van der Waals surface area contributed by atoms with Gasteiger partial charge in [-0.05, 0) is 18.2 Å². The van der Waals surface area contributed by atoms with Gasteiger partial charge in [-0.25, -0.2) is 13.6 Å². The summed E-state index contributed by atoms with van der Waals surface area (Å²) in [6, 6.07) is 1.43. The fourth-order valence-electron chi connectivity index (χ4n) is 1.37. The average molecular weight is 273 g/mol. The number of benzene rings is 1. The van der Waals surface area contributed by atoms with Gasteiger partial charge >= 0.3 is 5.97 Å². The van der Waals surface area contributed by atoms with E-state index >= 15 is 0 Å². The predicted molar refractivity (Wildman–Crippen MR) is 61.7 cm³/mol. The molecule has 0 aliphatic rings. The third-order valence-corrected chi connectivity index (χ3v) is 2.40. The molecule has 2 N–H and O–H groups in total. The van der Waals surface area contributed by atoms with Crippen LogP contribution in [0.2, 0.25) is 0 Å². The van der Waals surface area contributed by atoms with Gasteiger partial charge in [0.2, 0.25) is 0 Å². The van der Waals surface area contributed by atoms with Gasteiger partial charge in [-0.15, -0.1) is 0 Å². The largest absolute Gasteiger partial charge is 0.480 e. The lowest BCUT2D eigenvalue weighted by Gasteiger charge is -2.14. The normalized spacial score (nSPS) is 11.9. The maximum atomic E-state index is 12.9. The quantitative estimate of drug-likeness (QED) is 0.816. The number of ether oxygens (including phenoxy) is 1. The Balaban J connectivity index is 2.75. The fraction of sp³-hybridized carbons (Fsp3) is 0.333. The molecular formula is C12H13F2NO4. The molecule has 0 fully saturated rings. The molecule has 5 nitrogen and oxygen atoms in total. The number of carbonyl (C=O) groups excluding carboxylic acids is 1. The Kier molecular flexibility index (Phi) is 5.37. The standard InChI is InChI=1S/C12H13F2NO4/c1-19-5-4-10(12(17)18)15-11(16)7-2-3-8(13)9(14)6-7/h2-3,6,10H,4-5H2,1H3,(H,15,16)(H,17,18). The molecule has 104 valence electrons. The van der Waals surface area contributed by atoms with Crippen molar-refractivity contribution in [3.63, 3.8) is 0 Å². The molecular weight excluding hydrogens is 260 g/mol. The summed E-state index contributed by atoms with van der Waals surface area (Å²) < 4.78 is 30.4. The summed E-state index contributed by atoms with van der Waals surface area (Å²) in [5.41, 5.74) is -0.150. The van der Waals surface area contributed by atoms with E-state index < -0.39 is 29.6 Å². The van der Waals surface area contributed by atoms with Gasteiger partial charge in [0.15, 0.2) is 11.6 Å². The number of carboxylic acid groups (broad SMARTS) is 1. The van der Waals surface area contributed by atoms with Crippen molar-refractivity contribution in [3.8, 4) is 0 Å². The highest BCUT2D eigenvalue weighted by Crippen LogP contribution is 2.09. The first kappa shape index (κ1) is 15.0. The van der Waals surface area contributed by atoms with Crippen LogP contribution in [0.15, 0.2) is 18.2 Å². The molecule has 1 rings (SSSR count). The number of nitrogens with one attached hydrogen (secondary N) is 1. The van der Waals surface area contributed by atoms with Crippen molar-refractivity contribution in [2.45, 2.75) is 12.5 Å². The molecule has 0 heterocycles. The van der Waals surface area contributed by atoms with E-state index in [-0.39, 0.29) is 18.6 Å². The van der Waals surface area contributed by atoms with Crippen LogP contribution >= 0.6 is 0 Å². The average Bonchev–Trinajstić information content (AvgIpc) is 2.37. The first-order chi connectivity index (χ1) is 8.95. The van der Waals surface area contributed by atoms with Gasteiger partial charge in [0.05, 0.1) is 0 Å². The summed E-state index contributed by atoms with van der Waals surface area (Å²) in [6.07, 6.45) is 0.0707. The maximum absolute atomic E-state index is 12.9. The fourth-order valence-corrected chi connectivity index (χ4v) is 1.37. The highest BCUT2D eigenvalue weighted by atomic mass is 19.2. The van der Waals surface area contributed by atoms with Crippen molar-refractivity contribution in [2.75, 3.05) is 13.7 Å². The summed E-state index contributed by atoms with van der Waals surface area (Å²) in [7, 11) is 1.40. The molecule has 19 heavy (non-hydrogen) atoms. The van der Waals surface area contributed by atoms with Gasteiger partial charge in [-0.3, -0.25) is 4.79 Å². The van der Waals surface area contributed by atoms with Crippen molar-refractivity contribution < 1.29 is 28.2 Å². The summed E-state index contributed by atoms with van der Waals surface area (Å²) in [4.78, 5) is 22.6. The van der Waals surface area contributed by atoms with Crippen molar-refractivity contribution in [3.05, 3.63) is 35.4 Å². The smallest absolute Gasteiger partial charge is 0.326 e. The van der Waals surface area contributed by atoms with E-state index in [0.717, 1.165) is 12.1 Å². The lowest BCUT2D eigenvalue weighted by molar-refractivity contribution is -0.139. The number of halogens is 2. The number of hydrogen-bond donors (Lipinski definition) is 2. The van der Waals surface area contributed by atoms with Crippen LogP contribution in [0.1, 0.15) is 16.8 Å². The minimum atomic E-state index is -1.23. The van der Waals surface area contributed by atoms with Crippen molar-refractivity contribution in [2.24, 2.45) is 0 Å². The first-order valence-electron chi connectivity index (χ1n) is 5.43. The predicted octanol–water partition coefficient (Wildman–Crippen LogP) is 1.18. The summed E-state index contributed by atoms with van der Waals surface area (Å²) in [5, 5.41) is 11.1. The minimum absolute atomic E-state index is 0.0707. The summed E-state index contributed by atoms with van der Waals surface area (Å²) in [6.45, 7) is 0.148. The Bertz CT molecular complexity index is 479. The van der Waals surface area contributed by atoms with E-state index in [0.29, 0.717) is 6.07 Å². The number of aliphatic carboxylic acids is 1. The van der Waals surface area contributed by atoms with Gasteiger partial charge in [0.25, 0.3) is 5.91 Å². The molecule has 0 bridgehead atoms. The topological polar surface area (TPSA) is 75.6 Å². The summed E-state index contributed by atoms with van der Waals surface area (Å²) in [5.74, 6) is -4.27. The Labute approximate surface area is 108 Å². The zero-order valence-corrected chi connectivity index (χ0v) is 10.2. The van der Waals surface area contributed by atoms with Crippen LogP contribution in [0, 0.1) is 11.6 Å². The van der Waals surface area contributed by atoms with Crippen molar-refractivity contribution >= 4 is 11.9 Å². The zero-order valence-electron chi connectivity index (χ0n) is 10.2. The van der Waals surface area contributed by atoms with Crippen molar-refractivity contribution in [1.29, 1.82) is 0 Å². The second-order valence-electron chi connectivity index (χ2n) is 3.77. The molecule has 0 aliphatic carbocycles. The Morgan fingerprint density at radius 1 is 1.37 bits per heavy atom. The van der Waals surface area contributed by atoms with Gasteiger partial charge in [0, 0.05) is 25.7 Å². The number of carbonyl (C=O) groups is 2. The van der Waals surface area contributed by atoms with E-state index in [1.54, 1.807) is 0 Å². The van der Waals surface area contributed by atoms with E-state index in [2.05, 4.69) is 5.32 Å². The number of hydrogen-bond acceptors (Lipinski definition) is 3. The Morgan fingerprint density at radius 2 is 2.05 bits per heavy atom. The van der Waals surface area contributed by atoms with Crippen LogP contribution in [0.25, 0.3) is 0 Å². The second-order valence-corrected chi connectivity index (χ2v) is 3.77. The van der Waals surface area contributed by atoms with Gasteiger partial charge in [-0.1, -0.05) is 0 Å². The van der Waals surface area contributed by atoms with Crippen molar-refractivity contribution in [1.82, 2.24) is 5.32 Å². The number of carboxylic acids is 1. The number of rotatable bonds is 6. The van der Waals surface area contributed by atoms with E-state index in [4.69, 9.17) is 9.84 Å². The minimum Gasteiger partial charge on any atom is -0.480 e. The molecule has 1 amide bonds. The molecule has 0 saturated heterocycles. The molecule has 0 spiro atoms. The molecule has 0 aromatic heterocycles. The highest BCUT2D eigenvalue weighted by Gasteiger charge is 2.20. The monoisotopic (exact) mass is 273 g/mol. The molecule has 0 saturated carbocycles. The maximum Gasteiger partial charge on any atom is 0.326 e. The molecule has 1 aromatic rings. The number of amides is 1. The molecule has 0 radical (unpaired) electrons. The van der Waals surface area contributed by atoms with Crippen LogP contribution in [-0.2, 0) is 9.53 Å². The van der Waals surface area contributed by atoms with Crippen LogP contribution in [0.4, 0.5) is 8.78 Å². The van der Waals surface area contributed by atoms with Crippen LogP contribution < -0.4 is 5.32 Å². The van der Waals surface area contributed by atoms with Gasteiger partial charge in [0.1, 0.15) is 6.04 Å². The SMILES string of the molecule is COCCC(NC(=O)c1ccc(F)c(F)c1)C(=O)O. The Morgan fingerprint density at radius 3 is 2.58 bits per heavy atom. The van der Waals surface area contributed by atoms with E-state index in [1.165, 1.54) is 7.11 Å². The molecule has 1 atom stereocenters. The third-order valence-electron chi connectivity index (χ3n) is 2.40. The summed E-state index contributed by atoms with van der Waals surface area (Å²) >= 11 is 0. The van der Waals surface area contributed by atoms with Crippen LogP contribution in [-0.4, -0.2) is 36.7 Å². The van der Waals surface area contributed by atoms with E-state index in [9.17, 15) is 18.4 Å². The number of methoxy groups -OCH3 is 1. The van der Waals surface area contributed by atoms with Crippen LogP contribution in [0.5, 0.6) is 0 Å². The van der Waals surface area contributed by atoms with Gasteiger partial charge < -0.3 is 15.2 Å². The first-order valence-corrected chi connectivity index (χ1v) is 5.43. The van der Waals surface area contributed by atoms with E-state index in [1.807, 2.05) is 0 Å².